The Morgan fingerprint density at radius 1 is 1.11 bits per heavy atom. The predicted octanol–water partition coefficient (Wildman–Crippen LogP) is 4.37. The van der Waals surface area contributed by atoms with Gasteiger partial charge in [0.15, 0.2) is 0 Å². The minimum absolute atomic E-state index is 0.598. The van der Waals surface area contributed by atoms with Gasteiger partial charge in [0.1, 0.15) is 16.5 Å². The van der Waals surface area contributed by atoms with Gasteiger partial charge in [0, 0.05) is 5.56 Å². The van der Waals surface area contributed by atoms with Gasteiger partial charge < -0.3 is 9.94 Å². The van der Waals surface area contributed by atoms with Crippen LogP contribution in [0.4, 0.5) is 0 Å². The molecule has 0 bridgehead atoms. The Kier molecular flexibility index (Phi) is 4.86. The lowest BCUT2D eigenvalue weighted by Gasteiger charge is -2.08. The van der Waals surface area contributed by atoms with Crippen molar-refractivity contribution in [3.63, 3.8) is 0 Å². The summed E-state index contributed by atoms with van der Waals surface area (Å²) >= 11 is 1.49. The number of hydrogen-bond acceptors (Lipinski definition) is 4. The van der Waals surface area contributed by atoms with E-state index < -0.39 is 0 Å². The van der Waals surface area contributed by atoms with Crippen molar-refractivity contribution in [1.29, 1.82) is 0 Å². The minimum Gasteiger partial charge on any atom is -0.457 e. The van der Waals surface area contributed by atoms with E-state index in [1.54, 1.807) is 0 Å². The average molecular weight is 273 g/mol. The fourth-order valence-corrected chi connectivity index (χ4v) is 2.25. The minimum atomic E-state index is 0.598. The number of oxime groups is 1. The normalized spacial score (nSPS) is 11.3. The van der Waals surface area contributed by atoms with E-state index in [0.29, 0.717) is 5.04 Å². The highest BCUT2D eigenvalue weighted by atomic mass is 32.2. The Hall–Kier alpha value is -1.94. The number of rotatable bonds is 4. The van der Waals surface area contributed by atoms with E-state index in [2.05, 4.69) is 5.16 Å². The first kappa shape index (κ1) is 13.5. The molecule has 0 heterocycles. The van der Waals surface area contributed by atoms with Gasteiger partial charge in [-0.15, -0.1) is 11.8 Å². The lowest BCUT2D eigenvalue weighted by atomic mass is 10.2. The third-order valence-electron chi connectivity index (χ3n) is 2.43. The zero-order chi connectivity index (χ0) is 13.5. The number of para-hydroxylation sites is 1. The predicted molar refractivity (Wildman–Crippen MR) is 79.4 cm³/mol. The molecule has 2 rings (SSSR count). The van der Waals surface area contributed by atoms with E-state index in [1.807, 2.05) is 61.5 Å². The quantitative estimate of drug-likeness (QED) is 0.389. The average Bonchev–Trinajstić information content (AvgIpc) is 2.46. The number of nitrogens with zero attached hydrogens (tertiary/aromatic N) is 1. The Balaban J connectivity index is 2.20. The third-order valence-corrected chi connectivity index (χ3v) is 3.31. The van der Waals surface area contributed by atoms with Crippen molar-refractivity contribution in [1.82, 2.24) is 0 Å². The first-order chi connectivity index (χ1) is 9.33. The van der Waals surface area contributed by atoms with E-state index in [4.69, 9.17) is 9.94 Å². The van der Waals surface area contributed by atoms with Crippen LogP contribution in [0.5, 0.6) is 11.5 Å². The first-order valence-corrected chi connectivity index (χ1v) is 7.00. The molecule has 0 spiro atoms. The maximum absolute atomic E-state index is 9.02. The summed E-state index contributed by atoms with van der Waals surface area (Å²) in [7, 11) is 0. The zero-order valence-electron chi connectivity index (χ0n) is 10.6. The summed E-state index contributed by atoms with van der Waals surface area (Å²) in [5.74, 6) is 2.36. The van der Waals surface area contributed by atoms with Crippen molar-refractivity contribution in [2.75, 3.05) is 5.75 Å². The lowest BCUT2D eigenvalue weighted by molar-refractivity contribution is 0.321. The SMILES string of the molecule is CCSC(=NO)c1cccc(Oc2ccccc2)c1. The smallest absolute Gasteiger partial charge is 0.143 e. The van der Waals surface area contributed by atoms with Gasteiger partial charge in [0.05, 0.1) is 0 Å². The van der Waals surface area contributed by atoms with Crippen LogP contribution in [-0.2, 0) is 0 Å². The molecule has 0 saturated carbocycles. The number of thioether (sulfide) groups is 1. The van der Waals surface area contributed by atoms with Crippen LogP contribution in [0.3, 0.4) is 0 Å². The van der Waals surface area contributed by atoms with Crippen LogP contribution in [0.25, 0.3) is 0 Å². The van der Waals surface area contributed by atoms with E-state index in [9.17, 15) is 0 Å². The highest BCUT2D eigenvalue weighted by Gasteiger charge is 2.06. The van der Waals surface area contributed by atoms with Crippen LogP contribution in [0, 0.1) is 0 Å². The summed E-state index contributed by atoms with van der Waals surface area (Å²) < 4.78 is 5.75. The van der Waals surface area contributed by atoms with Crippen LogP contribution >= 0.6 is 11.8 Å². The topological polar surface area (TPSA) is 41.8 Å². The van der Waals surface area contributed by atoms with Gasteiger partial charge in [-0.1, -0.05) is 42.4 Å². The van der Waals surface area contributed by atoms with E-state index in [0.717, 1.165) is 22.8 Å². The van der Waals surface area contributed by atoms with Crippen LogP contribution < -0.4 is 4.74 Å². The van der Waals surface area contributed by atoms with Gasteiger partial charge >= 0.3 is 0 Å². The van der Waals surface area contributed by atoms with Gasteiger partial charge in [-0.3, -0.25) is 0 Å². The molecule has 0 aromatic heterocycles. The summed E-state index contributed by atoms with van der Waals surface area (Å²) in [6.45, 7) is 2.01. The fourth-order valence-electron chi connectivity index (χ4n) is 1.62. The molecule has 0 radical (unpaired) electrons. The molecule has 0 aliphatic carbocycles. The molecule has 0 fully saturated rings. The molecule has 19 heavy (non-hydrogen) atoms. The summed E-state index contributed by atoms with van der Waals surface area (Å²) in [5, 5.41) is 12.9. The van der Waals surface area contributed by atoms with Gasteiger partial charge in [-0.05, 0) is 30.0 Å². The molecule has 3 nitrogen and oxygen atoms in total. The van der Waals surface area contributed by atoms with Gasteiger partial charge in [-0.2, -0.15) is 0 Å². The first-order valence-electron chi connectivity index (χ1n) is 6.01. The second kappa shape index (κ2) is 6.85. The molecule has 0 saturated heterocycles. The third kappa shape index (κ3) is 3.76. The van der Waals surface area contributed by atoms with Gasteiger partial charge in [0.25, 0.3) is 0 Å². The molecule has 98 valence electrons. The highest BCUT2D eigenvalue weighted by molar-refractivity contribution is 8.14. The van der Waals surface area contributed by atoms with E-state index in [-0.39, 0.29) is 0 Å². The maximum atomic E-state index is 9.02. The standard InChI is InChI=1S/C15H15NO2S/c1-2-19-15(16-17)12-7-6-10-14(11-12)18-13-8-4-3-5-9-13/h3-11,17H,2H2,1H3. The maximum Gasteiger partial charge on any atom is 0.143 e. The summed E-state index contributed by atoms with van der Waals surface area (Å²) in [6, 6.07) is 17.1. The van der Waals surface area contributed by atoms with E-state index >= 15 is 0 Å². The second-order valence-electron chi connectivity index (χ2n) is 3.78. The molecule has 0 atom stereocenters. The van der Waals surface area contributed by atoms with Crippen molar-refractivity contribution in [3.05, 3.63) is 60.2 Å². The fraction of sp³-hybridized carbons (Fsp3) is 0.133. The van der Waals surface area contributed by atoms with Crippen LogP contribution in [0.1, 0.15) is 12.5 Å². The van der Waals surface area contributed by atoms with Gasteiger partial charge in [0.2, 0.25) is 0 Å². The Bertz CT molecular complexity index is 555. The largest absolute Gasteiger partial charge is 0.457 e. The number of ether oxygens (including phenoxy) is 1. The number of hydrogen-bond donors (Lipinski definition) is 1. The molecule has 1 N–H and O–H groups in total. The Labute approximate surface area is 116 Å². The van der Waals surface area contributed by atoms with Crippen LogP contribution in [0.15, 0.2) is 59.8 Å². The molecule has 4 heteroatoms. The van der Waals surface area contributed by atoms with Crippen molar-refractivity contribution < 1.29 is 9.94 Å². The second-order valence-corrected chi connectivity index (χ2v) is 5.03. The zero-order valence-corrected chi connectivity index (χ0v) is 11.4. The summed E-state index contributed by atoms with van der Waals surface area (Å²) in [6.07, 6.45) is 0. The van der Waals surface area contributed by atoms with E-state index in [1.165, 1.54) is 11.8 Å². The molecule has 2 aromatic rings. The molecular formula is C15H15NO2S. The van der Waals surface area contributed by atoms with Crippen molar-refractivity contribution in [2.24, 2.45) is 5.16 Å². The van der Waals surface area contributed by atoms with Gasteiger partial charge in [-0.25, -0.2) is 0 Å². The molecule has 0 aliphatic rings. The Morgan fingerprint density at radius 2 is 1.84 bits per heavy atom. The highest BCUT2D eigenvalue weighted by Crippen LogP contribution is 2.23. The van der Waals surface area contributed by atoms with Crippen molar-refractivity contribution in [3.8, 4) is 11.5 Å². The summed E-state index contributed by atoms with van der Waals surface area (Å²) in [4.78, 5) is 0. The molecule has 0 amide bonds. The number of benzene rings is 2. The van der Waals surface area contributed by atoms with Crippen molar-refractivity contribution >= 4 is 16.8 Å². The van der Waals surface area contributed by atoms with Crippen molar-refractivity contribution in [2.45, 2.75) is 6.92 Å². The Morgan fingerprint density at radius 3 is 2.53 bits per heavy atom. The molecular weight excluding hydrogens is 258 g/mol. The molecule has 2 aromatic carbocycles. The monoisotopic (exact) mass is 273 g/mol. The van der Waals surface area contributed by atoms with Crippen LogP contribution in [0.2, 0.25) is 0 Å². The molecule has 0 unspecified atom stereocenters. The van der Waals surface area contributed by atoms with Crippen LogP contribution in [-0.4, -0.2) is 16.0 Å². The molecule has 0 aliphatic heterocycles. The lowest BCUT2D eigenvalue weighted by Crippen LogP contribution is -1.96. The summed E-state index contributed by atoms with van der Waals surface area (Å²) in [5.41, 5.74) is 0.850.